The zero-order chi connectivity index (χ0) is 14.7. The Morgan fingerprint density at radius 3 is 2.65 bits per heavy atom. The molecule has 20 heavy (non-hydrogen) atoms. The number of carbonyl (C=O) groups is 1. The van der Waals surface area contributed by atoms with Crippen LogP contribution < -0.4 is 11.1 Å². The van der Waals surface area contributed by atoms with Crippen LogP contribution in [0.3, 0.4) is 0 Å². The lowest BCUT2D eigenvalue weighted by Gasteiger charge is -2.41. The van der Waals surface area contributed by atoms with Gasteiger partial charge in [0.15, 0.2) is 0 Å². The summed E-state index contributed by atoms with van der Waals surface area (Å²) in [5.74, 6) is 0.0941. The molecule has 3 N–H and O–H groups in total. The number of aryl methyl sites for hydroxylation is 1. The molecule has 4 nitrogen and oxygen atoms in total. The van der Waals surface area contributed by atoms with Crippen molar-refractivity contribution >= 4 is 5.91 Å². The van der Waals surface area contributed by atoms with Gasteiger partial charge in [-0.1, -0.05) is 36.8 Å². The van der Waals surface area contributed by atoms with E-state index in [1.165, 1.54) is 11.1 Å². The topological polar surface area (TPSA) is 58.4 Å². The van der Waals surface area contributed by atoms with Gasteiger partial charge >= 0.3 is 0 Å². The number of carbonyl (C=O) groups excluding carboxylic acids is 1. The van der Waals surface area contributed by atoms with Gasteiger partial charge < -0.3 is 11.1 Å². The van der Waals surface area contributed by atoms with E-state index in [1.54, 1.807) is 0 Å². The summed E-state index contributed by atoms with van der Waals surface area (Å²) in [6.45, 7) is 7.68. The van der Waals surface area contributed by atoms with Crippen molar-refractivity contribution in [2.75, 3.05) is 13.1 Å². The Morgan fingerprint density at radius 1 is 1.40 bits per heavy atom. The molecule has 1 aromatic carbocycles. The fourth-order valence-electron chi connectivity index (χ4n) is 2.85. The molecule has 0 saturated carbocycles. The molecule has 0 radical (unpaired) electrons. The summed E-state index contributed by atoms with van der Waals surface area (Å²) in [4.78, 5) is 14.1. The highest BCUT2D eigenvalue weighted by molar-refractivity contribution is 5.82. The Labute approximate surface area is 121 Å². The fourth-order valence-corrected chi connectivity index (χ4v) is 2.85. The van der Waals surface area contributed by atoms with Gasteiger partial charge in [-0.3, -0.25) is 9.69 Å². The molecule has 1 aliphatic rings. The average Bonchev–Trinajstić information content (AvgIpc) is 2.45. The molecule has 4 heteroatoms. The largest absolute Gasteiger partial charge is 0.353 e. The summed E-state index contributed by atoms with van der Waals surface area (Å²) in [6.07, 6.45) is 0.892. The zero-order valence-electron chi connectivity index (χ0n) is 12.6. The fraction of sp³-hybridized carbons (Fsp3) is 0.562. The molecule has 0 spiro atoms. The molecule has 1 amide bonds. The molecule has 3 unspecified atom stereocenters. The van der Waals surface area contributed by atoms with Crippen molar-refractivity contribution in [2.45, 2.75) is 45.3 Å². The van der Waals surface area contributed by atoms with Crippen molar-refractivity contribution in [3.63, 3.8) is 0 Å². The monoisotopic (exact) mass is 275 g/mol. The van der Waals surface area contributed by atoms with Crippen LogP contribution in [0.25, 0.3) is 0 Å². The number of amides is 1. The van der Waals surface area contributed by atoms with Crippen molar-refractivity contribution in [1.29, 1.82) is 0 Å². The van der Waals surface area contributed by atoms with Crippen molar-refractivity contribution in [3.8, 4) is 0 Å². The predicted octanol–water partition coefficient (Wildman–Crippen LogP) is 1.59. The second-order valence-electron chi connectivity index (χ2n) is 5.63. The molecule has 2 rings (SSSR count). The second kappa shape index (κ2) is 6.37. The highest BCUT2D eigenvalue weighted by Gasteiger charge is 2.34. The van der Waals surface area contributed by atoms with Gasteiger partial charge in [-0.2, -0.15) is 0 Å². The summed E-state index contributed by atoms with van der Waals surface area (Å²) in [7, 11) is 0. The molecule has 0 aliphatic carbocycles. The van der Waals surface area contributed by atoms with E-state index in [1.807, 2.05) is 6.92 Å². The Bertz CT molecular complexity index is 457. The van der Waals surface area contributed by atoms with Gasteiger partial charge in [0.1, 0.15) is 0 Å². The number of hydrogen-bond acceptors (Lipinski definition) is 3. The maximum absolute atomic E-state index is 11.9. The van der Waals surface area contributed by atoms with E-state index in [0.29, 0.717) is 6.54 Å². The number of benzene rings is 1. The van der Waals surface area contributed by atoms with Crippen LogP contribution >= 0.6 is 0 Å². The third-order valence-corrected chi connectivity index (χ3v) is 4.20. The highest BCUT2D eigenvalue weighted by Crippen LogP contribution is 2.28. The van der Waals surface area contributed by atoms with Gasteiger partial charge in [-0.25, -0.2) is 0 Å². The van der Waals surface area contributed by atoms with Crippen molar-refractivity contribution in [2.24, 2.45) is 5.73 Å². The normalized spacial score (nSPS) is 23.2. The molecule has 1 aliphatic heterocycles. The third-order valence-electron chi connectivity index (χ3n) is 4.20. The van der Waals surface area contributed by atoms with Crippen LogP contribution in [0.4, 0.5) is 0 Å². The first-order chi connectivity index (χ1) is 9.54. The number of nitrogens with one attached hydrogen (secondary N) is 1. The Morgan fingerprint density at radius 2 is 2.05 bits per heavy atom. The number of hydrogen-bond donors (Lipinski definition) is 2. The molecule has 0 bridgehead atoms. The van der Waals surface area contributed by atoms with Gasteiger partial charge in [0.25, 0.3) is 0 Å². The van der Waals surface area contributed by atoms with E-state index in [2.05, 4.69) is 48.3 Å². The van der Waals surface area contributed by atoms with E-state index in [-0.39, 0.29) is 24.0 Å². The van der Waals surface area contributed by atoms with Crippen LogP contribution in [0.1, 0.15) is 37.4 Å². The number of nitrogens with zero attached hydrogens (tertiary/aromatic N) is 1. The Hall–Kier alpha value is -1.39. The molecule has 1 saturated heterocycles. The molecule has 1 heterocycles. The SMILES string of the molecule is CCC(N)C(c1ccc(C)cc1)N1CCNC(=O)C1C. The maximum atomic E-state index is 11.9. The van der Waals surface area contributed by atoms with Crippen LogP contribution in [0.15, 0.2) is 24.3 Å². The first-order valence-electron chi connectivity index (χ1n) is 7.40. The van der Waals surface area contributed by atoms with Gasteiger partial charge in [0, 0.05) is 19.1 Å². The predicted molar refractivity (Wildman–Crippen MR) is 81.4 cm³/mol. The van der Waals surface area contributed by atoms with E-state index >= 15 is 0 Å². The minimum atomic E-state index is -0.132. The summed E-state index contributed by atoms with van der Waals surface area (Å²) in [5, 5.41) is 2.91. The van der Waals surface area contributed by atoms with E-state index in [0.717, 1.165) is 13.0 Å². The molecule has 1 fully saturated rings. The van der Waals surface area contributed by atoms with E-state index < -0.39 is 0 Å². The van der Waals surface area contributed by atoms with E-state index in [9.17, 15) is 4.79 Å². The maximum Gasteiger partial charge on any atom is 0.237 e. The molecule has 0 aromatic heterocycles. The number of piperazine rings is 1. The van der Waals surface area contributed by atoms with Gasteiger partial charge in [-0.15, -0.1) is 0 Å². The molecular formula is C16H25N3O. The van der Waals surface area contributed by atoms with Crippen LogP contribution in [0, 0.1) is 6.92 Å². The summed E-state index contributed by atoms with van der Waals surface area (Å²) < 4.78 is 0. The van der Waals surface area contributed by atoms with Crippen molar-refractivity contribution < 1.29 is 4.79 Å². The van der Waals surface area contributed by atoms with Crippen LogP contribution in [-0.2, 0) is 4.79 Å². The van der Waals surface area contributed by atoms with Gasteiger partial charge in [0.2, 0.25) is 5.91 Å². The Balaban J connectivity index is 2.32. The Kier molecular flexibility index (Phi) is 4.78. The van der Waals surface area contributed by atoms with Crippen LogP contribution in [0.5, 0.6) is 0 Å². The highest BCUT2D eigenvalue weighted by atomic mass is 16.2. The minimum Gasteiger partial charge on any atom is -0.353 e. The molecule has 3 atom stereocenters. The van der Waals surface area contributed by atoms with Crippen molar-refractivity contribution in [3.05, 3.63) is 35.4 Å². The van der Waals surface area contributed by atoms with Gasteiger partial charge in [0.05, 0.1) is 12.1 Å². The van der Waals surface area contributed by atoms with Crippen LogP contribution in [0.2, 0.25) is 0 Å². The van der Waals surface area contributed by atoms with Gasteiger partial charge in [-0.05, 0) is 25.8 Å². The summed E-state index contributed by atoms with van der Waals surface area (Å²) in [6, 6.07) is 8.49. The quantitative estimate of drug-likeness (QED) is 0.877. The smallest absolute Gasteiger partial charge is 0.237 e. The summed E-state index contributed by atoms with van der Waals surface area (Å²) >= 11 is 0. The average molecular weight is 275 g/mol. The van der Waals surface area contributed by atoms with Crippen molar-refractivity contribution in [1.82, 2.24) is 10.2 Å². The minimum absolute atomic E-state index is 0.0334. The number of nitrogens with two attached hydrogens (primary N) is 1. The summed E-state index contributed by atoms with van der Waals surface area (Å²) in [5.41, 5.74) is 8.79. The zero-order valence-corrected chi connectivity index (χ0v) is 12.6. The second-order valence-corrected chi connectivity index (χ2v) is 5.63. The van der Waals surface area contributed by atoms with Crippen LogP contribution in [-0.4, -0.2) is 36.0 Å². The lowest BCUT2D eigenvalue weighted by atomic mass is 9.93. The first-order valence-corrected chi connectivity index (χ1v) is 7.40. The standard InChI is InChI=1S/C16H25N3O/c1-4-14(17)15(13-7-5-11(2)6-8-13)19-10-9-18-16(20)12(19)3/h5-8,12,14-15H,4,9-10,17H2,1-3H3,(H,18,20). The molecule has 1 aromatic rings. The lowest BCUT2D eigenvalue weighted by molar-refractivity contribution is -0.129. The first kappa shape index (κ1) is 15.0. The lowest BCUT2D eigenvalue weighted by Crippen LogP contribution is -2.57. The third kappa shape index (κ3) is 3.02. The van der Waals surface area contributed by atoms with E-state index in [4.69, 9.17) is 5.73 Å². The number of rotatable bonds is 4. The molecule has 110 valence electrons. The molecular weight excluding hydrogens is 250 g/mol.